The number of halogens is 1. The van der Waals surface area contributed by atoms with E-state index in [-0.39, 0.29) is 35.5 Å². The van der Waals surface area contributed by atoms with Crippen LogP contribution in [-0.2, 0) is 13.0 Å². The minimum Gasteiger partial charge on any atom is -0.347 e. The zero-order valence-corrected chi connectivity index (χ0v) is 19.3. The van der Waals surface area contributed by atoms with Gasteiger partial charge in [-0.2, -0.15) is 5.10 Å². The largest absolute Gasteiger partial charge is 0.347 e. The minimum atomic E-state index is -0.469. The van der Waals surface area contributed by atoms with Crippen molar-refractivity contribution in [2.45, 2.75) is 32.4 Å². The summed E-state index contributed by atoms with van der Waals surface area (Å²) in [5.41, 5.74) is 3.80. The van der Waals surface area contributed by atoms with Crippen LogP contribution in [0.4, 0.5) is 4.39 Å². The van der Waals surface area contributed by atoms with Crippen molar-refractivity contribution < 1.29 is 14.0 Å². The van der Waals surface area contributed by atoms with Gasteiger partial charge in [0, 0.05) is 18.2 Å². The van der Waals surface area contributed by atoms with Crippen LogP contribution in [-0.4, -0.2) is 37.0 Å². The van der Waals surface area contributed by atoms with E-state index in [9.17, 15) is 18.8 Å². The van der Waals surface area contributed by atoms with Crippen molar-refractivity contribution in [3.63, 3.8) is 0 Å². The lowest BCUT2D eigenvalue weighted by Gasteiger charge is -2.14. The molecule has 2 heterocycles. The molecule has 1 atom stereocenters. The Morgan fingerprint density at radius 1 is 1.08 bits per heavy atom. The van der Waals surface area contributed by atoms with Gasteiger partial charge in [-0.1, -0.05) is 24.3 Å². The fraction of sp³-hybridized carbons (Fsp3) is 0.200. The highest BCUT2D eigenvalue weighted by molar-refractivity contribution is 5.97. The molecule has 5 rings (SSSR count). The molecule has 0 aliphatic heterocycles. The molecule has 4 aromatic rings. The summed E-state index contributed by atoms with van der Waals surface area (Å²) < 4.78 is 13.4. The second kappa shape index (κ2) is 9.53. The Hall–Kier alpha value is -4.67. The first-order chi connectivity index (χ1) is 17.4. The third-order valence-electron chi connectivity index (χ3n) is 6.11. The van der Waals surface area contributed by atoms with Gasteiger partial charge < -0.3 is 10.6 Å². The van der Waals surface area contributed by atoms with E-state index < -0.39 is 11.8 Å². The molecular weight excluding hydrogens is 465 g/mol. The van der Waals surface area contributed by atoms with Crippen LogP contribution in [0.1, 0.15) is 55.7 Å². The maximum absolute atomic E-state index is 13.4. The van der Waals surface area contributed by atoms with Gasteiger partial charge in [0.05, 0.1) is 6.04 Å². The molecule has 1 aliphatic rings. The van der Waals surface area contributed by atoms with Gasteiger partial charge in [0.1, 0.15) is 23.5 Å². The van der Waals surface area contributed by atoms with E-state index in [0.29, 0.717) is 17.8 Å². The molecule has 2 amide bonds. The van der Waals surface area contributed by atoms with Crippen molar-refractivity contribution in [2.24, 2.45) is 0 Å². The highest BCUT2D eigenvalue weighted by Gasteiger charge is 2.26. The smallest absolute Gasteiger partial charge is 0.340 e. The summed E-state index contributed by atoms with van der Waals surface area (Å²) in [7, 11) is 0. The van der Waals surface area contributed by atoms with E-state index in [2.05, 4.69) is 35.8 Å². The lowest BCUT2D eigenvalue weighted by atomic mass is 10.0. The van der Waals surface area contributed by atoms with Crippen LogP contribution in [0.3, 0.4) is 0 Å². The highest BCUT2D eigenvalue weighted by Crippen LogP contribution is 2.33. The molecule has 0 fully saturated rings. The first kappa shape index (κ1) is 23.1. The summed E-state index contributed by atoms with van der Waals surface area (Å²) in [4.78, 5) is 47.4. The molecule has 0 bridgehead atoms. The number of benzene rings is 2. The highest BCUT2D eigenvalue weighted by atomic mass is 19.1. The third kappa shape index (κ3) is 4.76. The third-order valence-corrected chi connectivity index (χ3v) is 6.11. The Labute approximate surface area is 204 Å². The van der Waals surface area contributed by atoms with Crippen LogP contribution in [0.25, 0.3) is 11.4 Å². The van der Waals surface area contributed by atoms with E-state index in [1.54, 1.807) is 19.1 Å². The molecule has 1 aliphatic carbocycles. The Morgan fingerprint density at radius 3 is 2.64 bits per heavy atom. The summed E-state index contributed by atoms with van der Waals surface area (Å²) >= 11 is 0. The number of aryl methyl sites for hydroxylation is 2. The van der Waals surface area contributed by atoms with Crippen LogP contribution >= 0.6 is 0 Å². The maximum Gasteiger partial charge on any atom is 0.340 e. The van der Waals surface area contributed by atoms with Crippen LogP contribution in [0.15, 0.2) is 53.6 Å². The molecule has 10 nitrogen and oxygen atoms in total. The van der Waals surface area contributed by atoms with Gasteiger partial charge in [0.25, 0.3) is 11.8 Å². The van der Waals surface area contributed by atoms with Gasteiger partial charge in [-0.25, -0.2) is 24.3 Å². The number of nitrogens with one attached hydrogen (secondary N) is 4. The number of hydrogen-bond acceptors (Lipinski definition) is 6. The fourth-order valence-corrected chi connectivity index (χ4v) is 4.25. The number of aromatic amines is 2. The van der Waals surface area contributed by atoms with E-state index in [1.165, 1.54) is 18.5 Å². The fourth-order valence-electron chi connectivity index (χ4n) is 4.25. The predicted molar refractivity (Wildman–Crippen MR) is 128 cm³/mol. The minimum absolute atomic E-state index is 0.0541. The van der Waals surface area contributed by atoms with E-state index in [0.717, 1.165) is 28.7 Å². The SMILES string of the molecule is Cc1cc(CNC(=O)c2cc(C(=O)N[C@H]3CCc4cc(-c5n[nH]c(=O)[nH]5)ccc43)ncn2)ccc1F. The quantitative estimate of drug-likeness (QED) is 0.328. The van der Waals surface area contributed by atoms with Gasteiger partial charge in [0.15, 0.2) is 5.82 Å². The van der Waals surface area contributed by atoms with Crippen molar-refractivity contribution in [3.8, 4) is 11.4 Å². The normalized spacial score (nSPS) is 14.3. The van der Waals surface area contributed by atoms with Gasteiger partial charge >= 0.3 is 5.69 Å². The van der Waals surface area contributed by atoms with Gasteiger partial charge in [0.2, 0.25) is 0 Å². The number of carbonyl (C=O) groups is 2. The first-order valence-electron chi connectivity index (χ1n) is 11.3. The summed E-state index contributed by atoms with van der Waals surface area (Å²) in [6.45, 7) is 1.84. The molecule has 182 valence electrons. The second-order valence-corrected chi connectivity index (χ2v) is 8.56. The van der Waals surface area contributed by atoms with Gasteiger partial charge in [-0.05, 0) is 54.2 Å². The molecule has 0 unspecified atom stereocenters. The number of amides is 2. The standard InChI is InChI=1S/C25H22FN7O3/c1-13-8-14(2-6-18(13)26)11-27-23(34)20-10-21(29-12-28-20)24(35)30-19-7-4-15-9-16(3-5-17(15)19)22-31-25(36)33-32-22/h2-3,5-6,8-10,12,19H,4,7,11H2,1H3,(H,27,34)(H,30,35)(H2,31,32,33,36)/t19-/m0/s1. The Morgan fingerprint density at radius 2 is 1.89 bits per heavy atom. The second-order valence-electron chi connectivity index (χ2n) is 8.56. The first-order valence-corrected chi connectivity index (χ1v) is 11.3. The molecule has 0 saturated carbocycles. The number of rotatable bonds is 6. The van der Waals surface area contributed by atoms with Crippen LogP contribution in [0.5, 0.6) is 0 Å². The van der Waals surface area contributed by atoms with Crippen LogP contribution in [0.2, 0.25) is 0 Å². The van der Waals surface area contributed by atoms with Crippen molar-refractivity contribution in [3.05, 3.63) is 98.7 Å². The van der Waals surface area contributed by atoms with E-state index >= 15 is 0 Å². The number of hydrogen-bond donors (Lipinski definition) is 4. The summed E-state index contributed by atoms with van der Waals surface area (Å²) in [6.07, 6.45) is 2.63. The monoisotopic (exact) mass is 487 g/mol. The lowest BCUT2D eigenvalue weighted by molar-refractivity contribution is 0.0931. The number of carbonyl (C=O) groups excluding carboxylic acids is 2. The molecule has 0 saturated heterocycles. The zero-order valence-electron chi connectivity index (χ0n) is 19.3. The average Bonchev–Trinajstić information content (AvgIpc) is 3.50. The average molecular weight is 487 g/mol. The Kier molecular flexibility index (Phi) is 6.11. The summed E-state index contributed by atoms with van der Waals surface area (Å²) in [5.74, 6) is -0.741. The number of fused-ring (bicyclic) bond motifs is 1. The lowest BCUT2D eigenvalue weighted by Crippen LogP contribution is -2.29. The van der Waals surface area contributed by atoms with Crippen molar-refractivity contribution in [1.82, 2.24) is 35.8 Å². The molecule has 0 radical (unpaired) electrons. The number of aromatic nitrogens is 5. The molecule has 2 aromatic heterocycles. The zero-order chi connectivity index (χ0) is 25.2. The molecule has 0 spiro atoms. The van der Waals surface area contributed by atoms with Crippen molar-refractivity contribution >= 4 is 11.8 Å². The van der Waals surface area contributed by atoms with Crippen LogP contribution < -0.4 is 16.3 Å². The van der Waals surface area contributed by atoms with E-state index in [1.807, 2.05) is 18.2 Å². The maximum atomic E-state index is 13.4. The molecule has 36 heavy (non-hydrogen) atoms. The number of H-pyrrole nitrogens is 2. The molecule has 2 aromatic carbocycles. The van der Waals surface area contributed by atoms with E-state index in [4.69, 9.17) is 0 Å². The Balaban J connectivity index is 1.24. The van der Waals surface area contributed by atoms with Crippen LogP contribution in [0, 0.1) is 12.7 Å². The summed E-state index contributed by atoms with van der Waals surface area (Å²) in [6, 6.07) is 11.4. The van der Waals surface area contributed by atoms with Gasteiger partial charge in [-0.3, -0.25) is 14.6 Å². The number of nitrogens with zero attached hydrogens (tertiary/aromatic N) is 3. The Bertz CT molecular complexity index is 1530. The molecular formula is C25H22FN7O3. The topological polar surface area (TPSA) is 146 Å². The van der Waals surface area contributed by atoms with Crippen molar-refractivity contribution in [1.29, 1.82) is 0 Å². The molecule has 4 N–H and O–H groups in total. The van der Waals surface area contributed by atoms with Crippen molar-refractivity contribution in [2.75, 3.05) is 0 Å². The molecule has 11 heteroatoms. The predicted octanol–water partition coefficient (Wildman–Crippen LogP) is 2.35. The van der Waals surface area contributed by atoms with Gasteiger partial charge in [-0.15, -0.1) is 0 Å². The summed E-state index contributed by atoms with van der Waals surface area (Å²) in [5, 5.41) is 12.0.